The second-order valence-corrected chi connectivity index (χ2v) is 7.22. The van der Waals surface area contributed by atoms with Crippen molar-refractivity contribution in [3.05, 3.63) is 36.0 Å². The van der Waals surface area contributed by atoms with Crippen molar-refractivity contribution in [2.45, 2.75) is 26.0 Å². The van der Waals surface area contributed by atoms with Crippen LogP contribution in [0.25, 0.3) is 0 Å². The van der Waals surface area contributed by atoms with Gasteiger partial charge in [-0.3, -0.25) is 19.8 Å². The van der Waals surface area contributed by atoms with E-state index in [1.54, 1.807) is 24.0 Å². The van der Waals surface area contributed by atoms with E-state index in [1.165, 1.54) is 0 Å². The number of aryl methyl sites for hydroxylation is 1. The van der Waals surface area contributed by atoms with Crippen LogP contribution in [0.4, 0.5) is 5.88 Å². The number of benzene rings is 1. The maximum atomic E-state index is 12.8. The van der Waals surface area contributed by atoms with Crippen LogP contribution in [0.5, 0.6) is 11.5 Å². The molecule has 154 valence electrons. The molecule has 2 aromatic rings. The van der Waals surface area contributed by atoms with E-state index in [0.29, 0.717) is 49.3 Å². The molecule has 9 heteroatoms. The number of ether oxygens (including phenoxy) is 2. The topological polar surface area (TPSA) is 97.1 Å². The monoisotopic (exact) mass is 400 g/mol. The number of para-hydroxylation sites is 2. The first kappa shape index (κ1) is 19.3. The molecule has 0 radical (unpaired) electrons. The van der Waals surface area contributed by atoms with Crippen LogP contribution >= 0.6 is 0 Å². The number of piperazine rings is 1. The molecule has 3 heterocycles. The van der Waals surface area contributed by atoms with Crippen molar-refractivity contribution >= 4 is 17.7 Å². The van der Waals surface area contributed by atoms with E-state index in [2.05, 4.69) is 10.5 Å². The Morgan fingerprint density at radius 2 is 1.90 bits per heavy atom. The van der Waals surface area contributed by atoms with Gasteiger partial charge in [0.1, 0.15) is 6.61 Å². The van der Waals surface area contributed by atoms with E-state index in [9.17, 15) is 9.59 Å². The highest BCUT2D eigenvalue weighted by Crippen LogP contribution is 2.31. The van der Waals surface area contributed by atoms with E-state index in [1.807, 2.05) is 30.0 Å². The molecule has 0 spiro atoms. The number of hydrogen-bond acceptors (Lipinski definition) is 7. The molecule has 2 aliphatic rings. The van der Waals surface area contributed by atoms with Crippen LogP contribution < -0.4 is 14.8 Å². The first-order chi connectivity index (χ1) is 14.0. The third-order valence-electron chi connectivity index (χ3n) is 5.21. The van der Waals surface area contributed by atoms with E-state index >= 15 is 0 Å². The zero-order valence-corrected chi connectivity index (χ0v) is 16.5. The van der Waals surface area contributed by atoms with Crippen molar-refractivity contribution in [3.8, 4) is 11.5 Å². The molecule has 1 saturated heterocycles. The number of carbonyl (C=O) groups is 2. The van der Waals surface area contributed by atoms with Crippen LogP contribution in [0.1, 0.15) is 12.6 Å². The molecule has 0 bridgehead atoms. The summed E-state index contributed by atoms with van der Waals surface area (Å²) < 4.78 is 16.5. The van der Waals surface area contributed by atoms with Gasteiger partial charge in [0.25, 0.3) is 5.91 Å². The van der Waals surface area contributed by atoms with Gasteiger partial charge in [-0.15, -0.1) is 0 Å². The number of nitrogens with one attached hydrogen (secondary N) is 1. The Hall–Kier alpha value is -3.07. The second-order valence-electron chi connectivity index (χ2n) is 7.22. The van der Waals surface area contributed by atoms with Gasteiger partial charge in [-0.1, -0.05) is 17.3 Å². The first-order valence-corrected chi connectivity index (χ1v) is 9.67. The molecular weight excluding hydrogens is 376 g/mol. The minimum atomic E-state index is -0.646. The summed E-state index contributed by atoms with van der Waals surface area (Å²) in [5.41, 5.74) is 0.705. The summed E-state index contributed by atoms with van der Waals surface area (Å²) in [6, 6.07) is 8.65. The molecule has 9 nitrogen and oxygen atoms in total. The fraction of sp³-hybridized carbons (Fsp3) is 0.450. The second kappa shape index (κ2) is 8.12. The first-order valence-electron chi connectivity index (χ1n) is 9.67. The number of aromatic nitrogens is 1. The Labute approximate surface area is 168 Å². The number of carbonyl (C=O) groups excluding carboxylic acids is 2. The fourth-order valence-electron chi connectivity index (χ4n) is 3.49. The van der Waals surface area contributed by atoms with Crippen LogP contribution in [0.2, 0.25) is 0 Å². The van der Waals surface area contributed by atoms with E-state index in [-0.39, 0.29) is 24.5 Å². The quantitative estimate of drug-likeness (QED) is 0.826. The molecule has 2 atom stereocenters. The third-order valence-corrected chi connectivity index (χ3v) is 5.21. The molecule has 2 amide bonds. The van der Waals surface area contributed by atoms with Gasteiger partial charge in [-0.05, 0) is 26.0 Å². The SMILES string of the molecule is Cc1cc(NC(=O)C(C)N2CCN(C(=O)C3COc4ccccc4O3)CC2)on1. The van der Waals surface area contributed by atoms with Crippen molar-refractivity contribution < 1.29 is 23.6 Å². The van der Waals surface area contributed by atoms with E-state index in [4.69, 9.17) is 14.0 Å². The molecule has 1 aromatic carbocycles. The largest absolute Gasteiger partial charge is 0.485 e. The van der Waals surface area contributed by atoms with Gasteiger partial charge in [-0.25, -0.2) is 0 Å². The lowest BCUT2D eigenvalue weighted by Crippen LogP contribution is -2.57. The van der Waals surface area contributed by atoms with Crippen LogP contribution in [-0.4, -0.2) is 71.7 Å². The van der Waals surface area contributed by atoms with Crippen molar-refractivity contribution in [3.63, 3.8) is 0 Å². The van der Waals surface area contributed by atoms with Crippen LogP contribution in [-0.2, 0) is 9.59 Å². The molecule has 29 heavy (non-hydrogen) atoms. The summed E-state index contributed by atoms with van der Waals surface area (Å²) in [5.74, 6) is 1.32. The Balaban J connectivity index is 1.29. The van der Waals surface area contributed by atoms with Crippen molar-refractivity contribution in [1.82, 2.24) is 15.0 Å². The van der Waals surface area contributed by atoms with Crippen LogP contribution in [0, 0.1) is 6.92 Å². The Morgan fingerprint density at radius 1 is 1.17 bits per heavy atom. The molecule has 1 fully saturated rings. The maximum absolute atomic E-state index is 12.8. The average Bonchev–Trinajstić information content (AvgIpc) is 3.16. The van der Waals surface area contributed by atoms with Gasteiger partial charge in [-0.2, -0.15) is 0 Å². The standard InChI is InChI=1S/C20H24N4O5/c1-13-11-18(29-22-13)21-19(25)14(2)23-7-9-24(10-8-23)20(26)17-12-27-15-5-3-4-6-16(15)28-17/h3-6,11,14,17H,7-10,12H2,1-2H3,(H,21,25). The lowest BCUT2D eigenvalue weighted by Gasteiger charge is -2.39. The summed E-state index contributed by atoms with van der Waals surface area (Å²) in [4.78, 5) is 29.1. The zero-order valence-electron chi connectivity index (χ0n) is 16.5. The number of rotatable bonds is 4. The normalized spacial score (nSPS) is 20.2. The fourth-order valence-corrected chi connectivity index (χ4v) is 3.49. The average molecular weight is 400 g/mol. The highest BCUT2D eigenvalue weighted by Gasteiger charge is 2.34. The van der Waals surface area contributed by atoms with Gasteiger partial charge in [0.2, 0.25) is 17.9 Å². The van der Waals surface area contributed by atoms with Crippen LogP contribution in [0.3, 0.4) is 0 Å². The predicted molar refractivity (Wildman–Crippen MR) is 104 cm³/mol. The predicted octanol–water partition coefficient (Wildman–Crippen LogP) is 1.29. The number of fused-ring (bicyclic) bond motifs is 1. The van der Waals surface area contributed by atoms with E-state index in [0.717, 1.165) is 0 Å². The van der Waals surface area contributed by atoms with Gasteiger partial charge >= 0.3 is 0 Å². The number of hydrogen-bond donors (Lipinski definition) is 1. The zero-order chi connectivity index (χ0) is 20.4. The molecule has 0 aliphatic carbocycles. The molecular formula is C20H24N4O5. The van der Waals surface area contributed by atoms with E-state index < -0.39 is 6.10 Å². The summed E-state index contributed by atoms with van der Waals surface area (Å²) >= 11 is 0. The molecule has 1 N–H and O–H groups in total. The molecule has 2 aliphatic heterocycles. The molecule has 4 rings (SSSR count). The molecule has 2 unspecified atom stereocenters. The Morgan fingerprint density at radius 3 is 2.59 bits per heavy atom. The van der Waals surface area contributed by atoms with Crippen molar-refractivity contribution in [1.29, 1.82) is 0 Å². The number of nitrogens with zero attached hydrogens (tertiary/aromatic N) is 3. The minimum Gasteiger partial charge on any atom is -0.485 e. The van der Waals surface area contributed by atoms with Gasteiger partial charge < -0.3 is 18.9 Å². The smallest absolute Gasteiger partial charge is 0.267 e. The third kappa shape index (κ3) is 4.19. The maximum Gasteiger partial charge on any atom is 0.267 e. The molecule has 0 saturated carbocycles. The summed E-state index contributed by atoms with van der Waals surface area (Å²) in [6.45, 7) is 6.08. The number of amides is 2. The highest BCUT2D eigenvalue weighted by atomic mass is 16.6. The lowest BCUT2D eigenvalue weighted by molar-refractivity contribution is -0.143. The van der Waals surface area contributed by atoms with Gasteiger partial charge in [0.05, 0.1) is 11.7 Å². The summed E-state index contributed by atoms with van der Waals surface area (Å²) in [6.07, 6.45) is -0.646. The van der Waals surface area contributed by atoms with Crippen molar-refractivity contribution in [2.75, 3.05) is 38.1 Å². The van der Waals surface area contributed by atoms with Crippen LogP contribution in [0.15, 0.2) is 34.9 Å². The highest BCUT2D eigenvalue weighted by molar-refractivity contribution is 5.93. The van der Waals surface area contributed by atoms with Crippen molar-refractivity contribution in [2.24, 2.45) is 0 Å². The minimum absolute atomic E-state index is 0.0895. The number of anilines is 1. The summed E-state index contributed by atoms with van der Waals surface area (Å²) in [7, 11) is 0. The summed E-state index contributed by atoms with van der Waals surface area (Å²) in [5, 5.41) is 6.49. The Bertz CT molecular complexity index is 891. The molecule has 1 aromatic heterocycles. The Kier molecular flexibility index (Phi) is 5.39. The van der Waals surface area contributed by atoms with Gasteiger partial charge in [0.15, 0.2) is 11.5 Å². The lowest BCUT2D eigenvalue weighted by atomic mass is 10.2. The van der Waals surface area contributed by atoms with Gasteiger partial charge in [0, 0.05) is 32.2 Å².